The molecular weight excluding hydrogens is 368 g/mol. The van der Waals surface area contributed by atoms with Crippen LogP contribution in [0.15, 0.2) is 18.2 Å². The number of carbonyl (C=O) groups excluding carboxylic acids is 1. The molecule has 3 N–H and O–H groups in total. The lowest BCUT2D eigenvalue weighted by Gasteiger charge is -2.50. The second-order valence-corrected chi connectivity index (χ2v) is 8.58. The molecule has 162 valence electrons. The van der Waals surface area contributed by atoms with E-state index >= 15 is 0 Å². The molecular formula is C23H37N2O4+. The zero-order chi connectivity index (χ0) is 20.9. The normalized spacial score (nSPS) is 29.0. The van der Waals surface area contributed by atoms with Crippen molar-refractivity contribution < 1.29 is 24.3 Å². The van der Waals surface area contributed by atoms with Crippen molar-refractivity contribution in [2.45, 2.75) is 63.5 Å². The third kappa shape index (κ3) is 4.86. The number of amides is 1. The highest BCUT2D eigenvalue weighted by Crippen LogP contribution is 2.46. The van der Waals surface area contributed by atoms with Crippen LogP contribution in [0.2, 0.25) is 0 Å². The molecule has 1 aromatic rings. The standard InChI is InChI=1S/C23H36N2O4/c1-4-5-13-24-21(26)16-25-14-12-23(27)11-7-6-8-19(23)22(25)18-10-9-17(28-2)15-20(18)29-3/h9-10,15,19,22,27H,4-8,11-14,16H2,1-3H3,(H,24,26)/p+1/t19-,22-,23-/m1/s1. The Morgan fingerprint density at radius 2 is 2.10 bits per heavy atom. The molecule has 2 aliphatic rings. The quantitative estimate of drug-likeness (QED) is 0.578. The lowest BCUT2D eigenvalue weighted by atomic mass is 9.66. The number of rotatable bonds is 8. The van der Waals surface area contributed by atoms with E-state index in [1.165, 1.54) is 4.90 Å². The largest absolute Gasteiger partial charge is 0.497 e. The first-order chi connectivity index (χ1) is 14.0. The number of likely N-dealkylation sites (tertiary alicyclic amines) is 1. The van der Waals surface area contributed by atoms with Gasteiger partial charge in [0.1, 0.15) is 17.5 Å². The second-order valence-electron chi connectivity index (χ2n) is 8.58. The van der Waals surface area contributed by atoms with Crippen molar-refractivity contribution >= 4 is 5.91 Å². The fourth-order valence-corrected chi connectivity index (χ4v) is 5.24. The Labute approximate surface area is 174 Å². The minimum absolute atomic E-state index is 0.0341. The molecule has 1 amide bonds. The molecule has 1 saturated heterocycles. The first-order valence-electron chi connectivity index (χ1n) is 11.1. The molecule has 1 unspecified atom stereocenters. The maximum absolute atomic E-state index is 12.6. The minimum atomic E-state index is -0.643. The van der Waals surface area contributed by atoms with Crippen LogP contribution >= 0.6 is 0 Å². The molecule has 1 aliphatic heterocycles. The van der Waals surface area contributed by atoms with Crippen molar-refractivity contribution in [2.75, 3.05) is 33.9 Å². The summed E-state index contributed by atoms with van der Waals surface area (Å²) >= 11 is 0. The number of quaternary nitrogens is 1. The molecule has 6 heteroatoms. The maximum Gasteiger partial charge on any atom is 0.275 e. The van der Waals surface area contributed by atoms with E-state index in [9.17, 15) is 9.90 Å². The van der Waals surface area contributed by atoms with E-state index < -0.39 is 5.60 Å². The number of ether oxygens (including phenoxy) is 2. The Morgan fingerprint density at radius 1 is 1.28 bits per heavy atom. The molecule has 1 aromatic carbocycles. The number of nitrogens with one attached hydrogen (secondary N) is 2. The zero-order valence-electron chi connectivity index (χ0n) is 18.1. The van der Waals surface area contributed by atoms with Crippen LogP contribution in [-0.4, -0.2) is 50.5 Å². The number of fused-ring (bicyclic) bond motifs is 1. The minimum Gasteiger partial charge on any atom is -0.497 e. The van der Waals surface area contributed by atoms with Crippen LogP contribution in [0.1, 0.15) is 63.5 Å². The smallest absolute Gasteiger partial charge is 0.275 e. The Bertz CT molecular complexity index is 695. The summed E-state index contributed by atoms with van der Waals surface area (Å²) in [4.78, 5) is 13.8. The van der Waals surface area contributed by atoms with Crippen molar-refractivity contribution in [3.63, 3.8) is 0 Å². The molecule has 2 fully saturated rings. The first-order valence-corrected chi connectivity index (χ1v) is 11.1. The fourth-order valence-electron chi connectivity index (χ4n) is 5.24. The van der Waals surface area contributed by atoms with E-state index in [4.69, 9.17) is 9.47 Å². The van der Waals surface area contributed by atoms with Gasteiger partial charge < -0.3 is 24.8 Å². The maximum atomic E-state index is 12.6. The van der Waals surface area contributed by atoms with Crippen molar-refractivity contribution in [3.8, 4) is 11.5 Å². The highest BCUT2D eigenvalue weighted by atomic mass is 16.5. The van der Waals surface area contributed by atoms with Gasteiger partial charge in [-0.3, -0.25) is 4.79 Å². The van der Waals surface area contributed by atoms with Crippen molar-refractivity contribution in [3.05, 3.63) is 23.8 Å². The average Bonchev–Trinajstić information content (AvgIpc) is 2.73. The number of carbonyl (C=O) groups is 1. The van der Waals surface area contributed by atoms with E-state index in [1.807, 2.05) is 12.1 Å². The molecule has 3 rings (SSSR count). The summed E-state index contributed by atoms with van der Waals surface area (Å²) in [5.74, 6) is 1.74. The average molecular weight is 406 g/mol. The zero-order valence-corrected chi connectivity index (χ0v) is 18.1. The Hall–Kier alpha value is -1.79. The van der Waals surface area contributed by atoms with Crippen LogP contribution in [0.25, 0.3) is 0 Å². The van der Waals surface area contributed by atoms with Crippen molar-refractivity contribution in [1.82, 2.24) is 5.32 Å². The molecule has 1 saturated carbocycles. The summed E-state index contributed by atoms with van der Waals surface area (Å²) in [5.41, 5.74) is 0.422. The molecule has 1 heterocycles. The molecule has 0 aromatic heterocycles. The van der Waals surface area contributed by atoms with Gasteiger partial charge in [0.2, 0.25) is 0 Å². The third-order valence-electron chi connectivity index (χ3n) is 6.80. The van der Waals surface area contributed by atoms with Crippen molar-refractivity contribution in [1.29, 1.82) is 0 Å². The predicted molar refractivity (Wildman–Crippen MR) is 112 cm³/mol. The van der Waals surface area contributed by atoms with Gasteiger partial charge in [-0.1, -0.05) is 26.2 Å². The number of hydrogen-bond acceptors (Lipinski definition) is 4. The molecule has 4 atom stereocenters. The Balaban J connectivity index is 1.90. The van der Waals surface area contributed by atoms with Crippen LogP contribution in [0.4, 0.5) is 0 Å². The van der Waals surface area contributed by atoms with E-state index in [-0.39, 0.29) is 17.9 Å². The van der Waals surface area contributed by atoms with E-state index in [1.54, 1.807) is 14.2 Å². The van der Waals surface area contributed by atoms with Gasteiger partial charge in [0.15, 0.2) is 6.54 Å². The van der Waals surface area contributed by atoms with E-state index in [0.29, 0.717) is 6.54 Å². The molecule has 29 heavy (non-hydrogen) atoms. The van der Waals surface area contributed by atoms with Gasteiger partial charge in [-0.05, 0) is 31.4 Å². The Morgan fingerprint density at radius 3 is 2.83 bits per heavy atom. The van der Waals surface area contributed by atoms with E-state index in [0.717, 1.165) is 75.1 Å². The van der Waals surface area contributed by atoms with Crippen LogP contribution in [0.3, 0.4) is 0 Å². The van der Waals surface area contributed by atoms with Crippen LogP contribution in [0.5, 0.6) is 11.5 Å². The number of aliphatic hydroxyl groups is 1. The van der Waals surface area contributed by atoms with Gasteiger partial charge in [0.25, 0.3) is 5.91 Å². The van der Waals surface area contributed by atoms with Gasteiger partial charge in [-0.15, -0.1) is 0 Å². The number of hydrogen-bond donors (Lipinski definition) is 3. The monoisotopic (exact) mass is 405 g/mol. The number of benzene rings is 1. The summed E-state index contributed by atoms with van der Waals surface area (Å²) in [6.45, 7) is 4.06. The third-order valence-corrected chi connectivity index (χ3v) is 6.80. The summed E-state index contributed by atoms with van der Waals surface area (Å²) in [6, 6.07) is 5.95. The van der Waals surface area contributed by atoms with Crippen LogP contribution in [0, 0.1) is 5.92 Å². The predicted octanol–water partition coefficient (Wildman–Crippen LogP) is 1.87. The van der Waals surface area contributed by atoms with E-state index in [2.05, 4.69) is 18.3 Å². The highest BCUT2D eigenvalue weighted by Gasteiger charge is 2.52. The highest BCUT2D eigenvalue weighted by molar-refractivity contribution is 5.76. The molecule has 6 nitrogen and oxygen atoms in total. The number of unbranched alkanes of at least 4 members (excludes halogenated alkanes) is 1. The van der Waals surface area contributed by atoms with Gasteiger partial charge in [-0.2, -0.15) is 0 Å². The Kier molecular flexibility index (Phi) is 7.41. The fraction of sp³-hybridized carbons (Fsp3) is 0.696. The van der Waals surface area contributed by atoms with Crippen LogP contribution < -0.4 is 19.7 Å². The molecule has 0 bridgehead atoms. The summed E-state index contributed by atoms with van der Waals surface area (Å²) in [7, 11) is 3.32. The van der Waals surface area contributed by atoms with Crippen LogP contribution in [-0.2, 0) is 4.79 Å². The lowest BCUT2D eigenvalue weighted by molar-refractivity contribution is -0.937. The topological polar surface area (TPSA) is 72.2 Å². The molecule has 0 radical (unpaired) electrons. The molecule has 1 aliphatic carbocycles. The molecule has 0 spiro atoms. The van der Waals surface area contributed by atoms with Gasteiger partial charge in [0, 0.05) is 24.9 Å². The summed E-state index contributed by atoms with van der Waals surface area (Å²) < 4.78 is 11.1. The van der Waals surface area contributed by atoms with Gasteiger partial charge in [0.05, 0.1) is 31.9 Å². The van der Waals surface area contributed by atoms with Crippen molar-refractivity contribution in [2.24, 2.45) is 5.92 Å². The first kappa shape index (κ1) is 21.9. The van der Waals surface area contributed by atoms with Gasteiger partial charge >= 0.3 is 0 Å². The SMILES string of the molecule is CCCCNC(=O)C[NH+]1CC[C@]2(O)CCCC[C@@H]2[C@H]1c1ccc(OC)cc1OC. The summed E-state index contributed by atoms with van der Waals surface area (Å²) in [5, 5.41) is 14.5. The number of methoxy groups -OCH3 is 2. The lowest BCUT2D eigenvalue weighted by Crippen LogP contribution is -3.16. The summed E-state index contributed by atoms with van der Waals surface area (Å²) in [6.07, 6.45) is 6.85. The second kappa shape index (κ2) is 9.81. The number of piperidine rings is 1. The van der Waals surface area contributed by atoms with Gasteiger partial charge in [-0.25, -0.2) is 0 Å².